The Morgan fingerprint density at radius 3 is 2.42 bits per heavy atom. The number of rotatable bonds is 6. The molecule has 0 saturated carbocycles. The minimum Gasteiger partial charge on any atom is -0.504 e. The molecule has 1 N–H and O–H groups in total. The lowest BCUT2D eigenvalue weighted by atomic mass is 10.1. The van der Waals surface area contributed by atoms with E-state index in [4.69, 9.17) is 4.74 Å². The van der Waals surface area contributed by atoms with Crippen molar-refractivity contribution in [2.24, 2.45) is 0 Å². The molecule has 0 saturated heterocycles. The van der Waals surface area contributed by atoms with Gasteiger partial charge in [-0.15, -0.1) is 0 Å². The average molecular weight is 320 g/mol. The summed E-state index contributed by atoms with van der Waals surface area (Å²) in [5.41, 5.74) is 3.27. The van der Waals surface area contributed by atoms with E-state index < -0.39 is 0 Å². The number of aromatic nitrogens is 1. The molecule has 0 unspecified atom stereocenters. The van der Waals surface area contributed by atoms with Crippen molar-refractivity contribution in [3.63, 3.8) is 0 Å². The number of anilines is 1. The number of methoxy groups -OCH3 is 1. The maximum absolute atomic E-state index is 10.0. The summed E-state index contributed by atoms with van der Waals surface area (Å²) in [4.78, 5) is 6.45. The predicted octanol–water partition coefficient (Wildman–Crippen LogP) is 4.00. The van der Waals surface area contributed by atoms with Gasteiger partial charge in [-0.1, -0.05) is 36.4 Å². The number of phenolic OH excluding ortho intramolecular Hbond substituents is 1. The van der Waals surface area contributed by atoms with Crippen LogP contribution in [0.15, 0.2) is 73.1 Å². The van der Waals surface area contributed by atoms with Gasteiger partial charge in [0.2, 0.25) is 0 Å². The molecule has 0 aliphatic heterocycles. The second kappa shape index (κ2) is 7.51. The third-order valence-corrected chi connectivity index (χ3v) is 3.84. The smallest absolute Gasteiger partial charge is 0.160 e. The molecule has 0 bridgehead atoms. The van der Waals surface area contributed by atoms with E-state index in [-0.39, 0.29) is 5.75 Å². The first kappa shape index (κ1) is 15.9. The minimum atomic E-state index is 0.154. The van der Waals surface area contributed by atoms with Crippen molar-refractivity contribution in [1.29, 1.82) is 0 Å². The molecular formula is C20H20N2O2. The van der Waals surface area contributed by atoms with Gasteiger partial charge in [-0.25, -0.2) is 0 Å². The van der Waals surface area contributed by atoms with E-state index in [1.807, 2.05) is 42.6 Å². The van der Waals surface area contributed by atoms with E-state index in [1.165, 1.54) is 5.56 Å². The van der Waals surface area contributed by atoms with E-state index in [9.17, 15) is 5.11 Å². The number of benzene rings is 2. The van der Waals surface area contributed by atoms with Crippen LogP contribution in [0.25, 0.3) is 0 Å². The molecule has 24 heavy (non-hydrogen) atoms. The molecule has 1 heterocycles. The molecule has 0 amide bonds. The second-order valence-electron chi connectivity index (χ2n) is 5.56. The van der Waals surface area contributed by atoms with Crippen LogP contribution in [-0.4, -0.2) is 17.2 Å². The first-order valence-electron chi connectivity index (χ1n) is 7.81. The number of hydrogen-bond donors (Lipinski definition) is 1. The highest BCUT2D eigenvalue weighted by molar-refractivity contribution is 5.47. The Hall–Kier alpha value is -3.01. The van der Waals surface area contributed by atoms with Gasteiger partial charge in [0.05, 0.1) is 19.0 Å². The Balaban J connectivity index is 1.86. The fourth-order valence-corrected chi connectivity index (χ4v) is 2.64. The van der Waals surface area contributed by atoms with Gasteiger partial charge < -0.3 is 14.7 Å². The van der Waals surface area contributed by atoms with Crippen LogP contribution in [0.2, 0.25) is 0 Å². The molecular weight excluding hydrogens is 300 g/mol. The Labute approximate surface area is 142 Å². The molecule has 4 heteroatoms. The molecule has 0 aliphatic carbocycles. The highest BCUT2D eigenvalue weighted by Gasteiger charge is 2.10. The zero-order valence-corrected chi connectivity index (χ0v) is 13.6. The maximum atomic E-state index is 10.0. The maximum Gasteiger partial charge on any atom is 0.160 e. The number of ether oxygens (including phenoxy) is 1. The fraction of sp³-hybridized carbons (Fsp3) is 0.150. The average Bonchev–Trinajstić information content (AvgIpc) is 2.63. The number of pyridine rings is 1. The summed E-state index contributed by atoms with van der Waals surface area (Å²) in [7, 11) is 1.55. The minimum absolute atomic E-state index is 0.154. The van der Waals surface area contributed by atoms with Crippen molar-refractivity contribution in [2.45, 2.75) is 13.1 Å². The normalized spacial score (nSPS) is 10.4. The predicted molar refractivity (Wildman–Crippen MR) is 95.2 cm³/mol. The van der Waals surface area contributed by atoms with Crippen molar-refractivity contribution in [3.05, 3.63) is 84.2 Å². The van der Waals surface area contributed by atoms with Gasteiger partial charge in [0.25, 0.3) is 0 Å². The van der Waals surface area contributed by atoms with Crippen LogP contribution < -0.4 is 9.64 Å². The van der Waals surface area contributed by atoms with Crippen LogP contribution >= 0.6 is 0 Å². The van der Waals surface area contributed by atoms with Crippen LogP contribution in [0.1, 0.15) is 11.1 Å². The van der Waals surface area contributed by atoms with Crippen molar-refractivity contribution >= 4 is 5.69 Å². The van der Waals surface area contributed by atoms with Crippen LogP contribution in [-0.2, 0) is 13.1 Å². The van der Waals surface area contributed by atoms with Gasteiger partial charge in [0.15, 0.2) is 11.5 Å². The van der Waals surface area contributed by atoms with Gasteiger partial charge in [-0.2, -0.15) is 0 Å². The quantitative estimate of drug-likeness (QED) is 0.745. The van der Waals surface area contributed by atoms with E-state index in [0.29, 0.717) is 12.3 Å². The molecule has 3 rings (SSSR count). The number of phenols is 1. The Kier molecular flexibility index (Phi) is 4.96. The summed E-state index contributed by atoms with van der Waals surface area (Å²) < 4.78 is 5.11. The summed E-state index contributed by atoms with van der Waals surface area (Å²) in [5, 5.41) is 10.0. The monoisotopic (exact) mass is 320 g/mol. The zero-order chi connectivity index (χ0) is 16.8. The third-order valence-electron chi connectivity index (χ3n) is 3.84. The number of aromatic hydroxyl groups is 1. The summed E-state index contributed by atoms with van der Waals surface area (Å²) in [6.07, 6.45) is 3.62. The Morgan fingerprint density at radius 2 is 1.75 bits per heavy atom. The van der Waals surface area contributed by atoms with Crippen LogP contribution in [0.5, 0.6) is 11.5 Å². The lowest BCUT2D eigenvalue weighted by molar-refractivity contribution is 0.373. The number of nitrogens with zero attached hydrogens (tertiary/aromatic N) is 2. The highest BCUT2D eigenvalue weighted by Crippen LogP contribution is 2.28. The van der Waals surface area contributed by atoms with Gasteiger partial charge in [0.1, 0.15) is 0 Å². The second-order valence-corrected chi connectivity index (χ2v) is 5.56. The largest absolute Gasteiger partial charge is 0.504 e. The van der Waals surface area contributed by atoms with E-state index in [1.54, 1.807) is 25.4 Å². The molecule has 2 aromatic carbocycles. The Morgan fingerprint density at radius 1 is 0.958 bits per heavy atom. The van der Waals surface area contributed by atoms with E-state index >= 15 is 0 Å². The van der Waals surface area contributed by atoms with E-state index in [2.05, 4.69) is 22.0 Å². The molecule has 0 spiro atoms. The molecule has 0 atom stereocenters. The van der Waals surface area contributed by atoms with Crippen molar-refractivity contribution < 1.29 is 9.84 Å². The summed E-state index contributed by atoms with van der Waals surface area (Å²) in [5.74, 6) is 0.635. The van der Waals surface area contributed by atoms with Crippen molar-refractivity contribution in [2.75, 3.05) is 12.0 Å². The van der Waals surface area contributed by atoms with Gasteiger partial charge in [-0.05, 0) is 35.4 Å². The summed E-state index contributed by atoms with van der Waals surface area (Å²) in [6.45, 7) is 1.43. The standard InChI is InChI=1S/C20H20N2O2/c1-24-20-10-9-17(12-19(20)23)15-22(18-8-5-11-21-13-18)14-16-6-3-2-4-7-16/h2-13,23H,14-15H2,1H3. The lowest BCUT2D eigenvalue weighted by Gasteiger charge is -2.25. The summed E-state index contributed by atoms with van der Waals surface area (Å²) in [6, 6.07) is 19.8. The summed E-state index contributed by atoms with van der Waals surface area (Å²) >= 11 is 0. The molecule has 1 aromatic heterocycles. The van der Waals surface area contributed by atoms with Crippen LogP contribution in [0, 0.1) is 0 Å². The van der Waals surface area contributed by atoms with E-state index in [0.717, 1.165) is 17.8 Å². The van der Waals surface area contributed by atoms with Crippen LogP contribution in [0.3, 0.4) is 0 Å². The van der Waals surface area contributed by atoms with Gasteiger partial charge >= 0.3 is 0 Å². The highest BCUT2D eigenvalue weighted by atomic mass is 16.5. The topological polar surface area (TPSA) is 45.6 Å². The first-order valence-corrected chi connectivity index (χ1v) is 7.81. The number of hydrogen-bond acceptors (Lipinski definition) is 4. The first-order chi connectivity index (χ1) is 11.8. The van der Waals surface area contributed by atoms with Crippen molar-refractivity contribution in [1.82, 2.24) is 4.98 Å². The third kappa shape index (κ3) is 3.84. The Bertz CT molecular complexity index is 776. The molecule has 0 aliphatic rings. The van der Waals surface area contributed by atoms with Gasteiger partial charge in [0, 0.05) is 19.3 Å². The molecule has 3 aromatic rings. The fourth-order valence-electron chi connectivity index (χ4n) is 2.64. The SMILES string of the molecule is COc1ccc(CN(Cc2ccccc2)c2cccnc2)cc1O. The molecule has 4 nitrogen and oxygen atoms in total. The molecule has 0 radical (unpaired) electrons. The molecule has 0 fully saturated rings. The van der Waals surface area contributed by atoms with Crippen molar-refractivity contribution in [3.8, 4) is 11.5 Å². The zero-order valence-electron chi connectivity index (χ0n) is 13.6. The molecule has 122 valence electrons. The lowest BCUT2D eigenvalue weighted by Crippen LogP contribution is -2.22. The van der Waals surface area contributed by atoms with Gasteiger partial charge in [-0.3, -0.25) is 4.98 Å². The van der Waals surface area contributed by atoms with Crippen LogP contribution in [0.4, 0.5) is 5.69 Å².